The van der Waals surface area contributed by atoms with Crippen molar-refractivity contribution in [1.82, 2.24) is 20.2 Å². The number of ether oxygens (including phenoxy) is 2. The van der Waals surface area contributed by atoms with Gasteiger partial charge in [-0.25, -0.2) is 4.68 Å². The van der Waals surface area contributed by atoms with Crippen molar-refractivity contribution >= 4 is 23.4 Å². The van der Waals surface area contributed by atoms with E-state index in [9.17, 15) is 0 Å². The number of benzene rings is 1. The number of aromatic nitrogens is 4. The summed E-state index contributed by atoms with van der Waals surface area (Å²) in [5, 5.41) is 13.3. The number of hydrogen-bond acceptors (Lipinski definition) is 6. The third-order valence-electron chi connectivity index (χ3n) is 3.27. The Morgan fingerprint density at radius 3 is 2.96 bits per heavy atom. The molecule has 124 valence electrons. The Labute approximate surface area is 144 Å². The summed E-state index contributed by atoms with van der Waals surface area (Å²) in [4.78, 5) is 0. The van der Waals surface area contributed by atoms with Gasteiger partial charge < -0.3 is 9.47 Å². The topological polar surface area (TPSA) is 62.1 Å². The van der Waals surface area contributed by atoms with E-state index in [-0.39, 0.29) is 0 Å². The van der Waals surface area contributed by atoms with Crippen molar-refractivity contribution in [2.24, 2.45) is 5.92 Å². The van der Waals surface area contributed by atoms with Gasteiger partial charge in [0.25, 0.3) is 0 Å². The number of nitrogens with zero attached hydrogens (tertiary/aromatic N) is 4. The van der Waals surface area contributed by atoms with Crippen molar-refractivity contribution in [3.63, 3.8) is 0 Å². The van der Waals surface area contributed by atoms with Gasteiger partial charge in [-0.3, -0.25) is 0 Å². The lowest BCUT2D eigenvalue weighted by atomic mass is 10.2. The smallest absolute Gasteiger partial charge is 0.209 e. The molecular formula is C15H19ClN4O2S. The Morgan fingerprint density at radius 1 is 1.30 bits per heavy atom. The Hall–Kier alpha value is -1.47. The average Bonchev–Trinajstić information content (AvgIpc) is 2.79. The second kappa shape index (κ2) is 7.40. The molecule has 0 N–H and O–H groups in total. The molecule has 3 rings (SSSR count). The summed E-state index contributed by atoms with van der Waals surface area (Å²) < 4.78 is 13.2. The molecule has 0 spiro atoms. The zero-order valence-corrected chi connectivity index (χ0v) is 14.7. The lowest BCUT2D eigenvalue weighted by molar-refractivity contribution is 0.297. The van der Waals surface area contributed by atoms with Gasteiger partial charge in [0.05, 0.1) is 18.2 Å². The molecule has 1 aromatic heterocycles. The van der Waals surface area contributed by atoms with E-state index in [4.69, 9.17) is 21.1 Å². The molecule has 1 aliphatic heterocycles. The number of halogens is 1. The highest BCUT2D eigenvalue weighted by Crippen LogP contribution is 2.39. The second-order valence-corrected chi connectivity index (χ2v) is 7.13. The van der Waals surface area contributed by atoms with Gasteiger partial charge in [-0.2, -0.15) is 0 Å². The lowest BCUT2D eigenvalue weighted by Gasteiger charge is -2.11. The normalized spacial score (nSPS) is 14.1. The number of hydrogen-bond donors (Lipinski definition) is 0. The molecule has 0 aliphatic carbocycles. The molecule has 0 amide bonds. The zero-order chi connectivity index (χ0) is 16.2. The average molecular weight is 355 g/mol. The highest BCUT2D eigenvalue weighted by molar-refractivity contribution is 7.98. The molecule has 0 saturated heterocycles. The Kier molecular flexibility index (Phi) is 5.27. The first-order chi connectivity index (χ1) is 11.1. The van der Waals surface area contributed by atoms with Crippen molar-refractivity contribution in [1.29, 1.82) is 0 Å². The molecular weight excluding hydrogens is 336 g/mol. The van der Waals surface area contributed by atoms with Crippen molar-refractivity contribution in [2.75, 3.05) is 13.2 Å². The van der Waals surface area contributed by atoms with Gasteiger partial charge in [0.1, 0.15) is 0 Å². The summed E-state index contributed by atoms with van der Waals surface area (Å²) in [6, 6.07) is 3.90. The van der Waals surface area contributed by atoms with Gasteiger partial charge in [-0.1, -0.05) is 37.2 Å². The molecule has 0 bridgehead atoms. The van der Waals surface area contributed by atoms with Crippen molar-refractivity contribution < 1.29 is 9.47 Å². The molecule has 8 heteroatoms. The third-order valence-corrected chi connectivity index (χ3v) is 4.58. The van der Waals surface area contributed by atoms with Gasteiger partial charge in [0, 0.05) is 18.7 Å². The van der Waals surface area contributed by atoms with Crippen LogP contribution in [-0.2, 0) is 12.3 Å². The van der Waals surface area contributed by atoms with E-state index < -0.39 is 0 Å². The largest absolute Gasteiger partial charge is 0.489 e. The number of thioether (sulfide) groups is 1. The Morgan fingerprint density at radius 2 is 2.13 bits per heavy atom. The molecule has 0 saturated carbocycles. The van der Waals surface area contributed by atoms with Crippen LogP contribution in [0, 0.1) is 5.92 Å². The minimum atomic E-state index is 0.491. The summed E-state index contributed by atoms with van der Waals surface area (Å²) in [7, 11) is 0. The van der Waals surface area contributed by atoms with E-state index in [2.05, 4.69) is 29.4 Å². The van der Waals surface area contributed by atoms with Gasteiger partial charge in [-0.15, -0.1) is 5.10 Å². The summed E-state index contributed by atoms with van der Waals surface area (Å²) in [5.74, 6) is 2.56. The van der Waals surface area contributed by atoms with Gasteiger partial charge in [-0.05, 0) is 34.0 Å². The molecule has 6 nitrogen and oxygen atoms in total. The quantitative estimate of drug-likeness (QED) is 0.766. The molecule has 0 radical (unpaired) electrons. The molecule has 0 unspecified atom stereocenters. The standard InChI is InChI=1S/C15H19ClN4O2S/c1-10(2)8-20-15(17-18-19-20)23-9-11-6-12(16)14-13(7-11)21-4-3-5-22-14/h6-7,10H,3-5,8-9H2,1-2H3. The molecule has 2 aromatic rings. The molecule has 1 aliphatic rings. The van der Waals surface area contributed by atoms with Gasteiger partial charge in [0.15, 0.2) is 11.5 Å². The van der Waals surface area contributed by atoms with Crippen molar-refractivity contribution in [3.8, 4) is 11.5 Å². The molecule has 2 heterocycles. The monoisotopic (exact) mass is 354 g/mol. The fraction of sp³-hybridized carbons (Fsp3) is 0.533. The number of tetrazole rings is 1. The number of rotatable bonds is 5. The molecule has 1 aromatic carbocycles. The van der Waals surface area contributed by atoms with Crippen LogP contribution in [0.1, 0.15) is 25.8 Å². The second-order valence-electron chi connectivity index (χ2n) is 5.78. The Bertz CT molecular complexity index is 677. The molecule has 0 fully saturated rings. The van der Waals surface area contributed by atoms with Gasteiger partial charge in [0.2, 0.25) is 5.16 Å². The van der Waals surface area contributed by atoms with E-state index in [1.54, 1.807) is 11.8 Å². The van der Waals surface area contributed by atoms with Gasteiger partial charge >= 0.3 is 0 Å². The van der Waals surface area contributed by atoms with E-state index in [1.165, 1.54) is 0 Å². The minimum absolute atomic E-state index is 0.491. The first-order valence-corrected chi connectivity index (χ1v) is 8.97. The predicted molar refractivity (Wildman–Crippen MR) is 89.3 cm³/mol. The van der Waals surface area contributed by atoms with E-state index in [1.807, 2.05) is 16.8 Å². The molecule has 0 atom stereocenters. The van der Waals surface area contributed by atoms with Crippen LogP contribution in [0.5, 0.6) is 11.5 Å². The van der Waals surface area contributed by atoms with E-state index >= 15 is 0 Å². The van der Waals surface area contributed by atoms with Crippen LogP contribution in [0.15, 0.2) is 17.3 Å². The van der Waals surface area contributed by atoms with Crippen LogP contribution in [0.4, 0.5) is 0 Å². The fourth-order valence-corrected chi connectivity index (χ4v) is 3.38. The third kappa shape index (κ3) is 4.09. The highest BCUT2D eigenvalue weighted by atomic mass is 35.5. The minimum Gasteiger partial charge on any atom is -0.489 e. The van der Waals surface area contributed by atoms with E-state index in [0.29, 0.717) is 35.7 Å². The molecule has 23 heavy (non-hydrogen) atoms. The zero-order valence-electron chi connectivity index (χ0n) is 13.2. The van der Waals surface area contributed by atoms with E-state index in [0.717, 1.165) is 29.4 Å². The summed E-state index contributed by atoms with van der Waals surface area (Å²) >= 11 is 7.91. The first kappa shape index (κ1) is 16.4. The highest BCUT2D eigenvalue weighted by Gasteiger charge is 2.16. The maximum atomic E-state index is 6.32. The SMILES string of the molecule is CC(C)Cn1nnnc1SCc1cc(Cl)c2c(c1)OCCCO2. The van der Waals surface area contributed by atoms with Crippen LogP contribution in [-0.4, -0.2) is 33.4 Å². The Balaban J connectivity index is 1.73. The maximum absolute atomic E-state index is 6.32. The first-order valence-electron chi connectivity index (χ1n) is 7.60. The lowest BCUT2D eigenvalue weighted by Crippen LogP contribution is -2.07. The van der Waals surface area contributed by atoms with Crippen LogP contribution in [0.2, 0.25) is 5.02 Å². The van der Waals surface area contributed by atoms with Crippen molar-refractivity contribution in [2.45, 2.75) is 37.7 Å². The van der Waals surface area contributed by atoms with Crippen LogP contribution in [0.3, 0.4) is 0 Å². The van der Waals surface area contributed by atoms with Crippen LogP contribution < -0.4 is 9.47 Å². The maximum Gasteiger partial charge on any atom is 0.209 e. The fourth-order valence-electron chi connectivity index (χ4n) is 2.28. The van der Waals surface area contributed by atoms with Crippen LogP contribution in [0.25, 0.3) is 0 Å². The number of fused-ring (bicyclic) bond motifs is 1. The van der Waals surface area contributed by atoms with Crippen LogP contribution >= 0.6 is 23.4 Å². The summed E-state index contributed by atoms with van der Waals surface area (Å²) in [6.45, 7) is 6.36. The summed E-state index contributed by atoms with van der Waals surface area (Å²) in [5.41, 5.74) is 1.06. The van der Waals surface area contributed by atoms with Crippen molar-refractivity contribution in [3.05, 3.63) is 22.7 Å². The predicted octanol–water partition coefficient (Wildman–Crippen LogP) is 3.44. The summed E-state index contributed by atoms with van der Waals surface area (Å²) in [6.07, 6.45) is 0.860.